The largest absolute Gasteiger partial charge is 0.372 e. The van der Waals surface area contributed by atoms with Crippen molar-refractivity contribution in [2.45, 2.75) is 32.5 Å². The Bertz CT molecular complexity index is 398. The van der Waals surface area contributed by atoms with Crippen molar-refractivity contribution in [2.24, 2.45) is 0 Å². The van der Waals surface area contributed by atoms with Gasteiger partial charge in [-0.25, -0.2) is 0 Å². The Labute approximate surface area is 90.2 Å². The van der Waals surface area contributed by atoms with Crippen LogP contribution in [-0.2, 0) is 15.9 Å². The maximum atomic E-state index is 5.84. The summed E-state index contributed by atoms with van der Waals surface area (Å²) >= 11 is 0. The van der Waals surface area contributed by atoms with Gasteiger partial charge >= 0.3 is 0 Å². The zero-order chi connectivity index (χ0) is 10.4. The number of hydrogen-bond donors (Lipinski definition) is 0. The Hall–Kier alpha value is -0.860. The highest BCUT2D eigenvalue weighted by atomic mass is 16.6. The maximum absolute atomic E-state index is 5.84. The van der Waals surface area contributed by atoms with E-state index in [4.69, 9.17) is 9.47 Å². The van der Waals surface area contributed by atoms with Gasteiger partial charge in [0.2, 0.25) is 0 Å². The SMILES string of the molecule is Cc1ccc(C)c2c1CC1OCCOC21. The smallest absolute Gasteiger partial charge is 0.110 e. The molecule has 80 valence electrons. The van der Waals surface area contributed by atoms with Crippen molar-refractivity contribution in [3.05, 3.63) is 34.4 Å². The molecule has 0 bridgehead atoms. The fourth-order valence-electron chi connectivity index (χ4n) is 2.76. The molecule has 0 amide bonds. The van der Waals surface area contributed by atoms with Gasteiger partial charge in [-0.3, -0.25) is 0 Å². The van der Waals surface area contributed by atoms with Crippen LogP contribution in [0.5, 0.6) is 0 Å². The zero-order valence-corrected chi connectivity index (χ0v) is 9.25. The lowest BCUT2D eigenvalue weighted by atomic mass is 9.99. The van der Waals surface area contributed by atoms with E-state index in [1.165, 1.54) is 22.3 Å². The molecule has 2 aliphatic rings. The molecule has 0 aromatic heterocycles. The summed E-state index contributed by atoms with van der Waals surface area (Å²) in [4.78, 5) is 0. The second kappa shape index (κ2) is 3.32. The topological polar surface area (TPSA) is 18.5 Å². The minimum absolute atomic E-state index is 0.189. The van der Waals surface area contributed by atoms with Gasteiger partial charge in [0.25, 0.3) is 0 Å². The van der Waals surface area contributed by atoms with E-state index < -0.39 is 0 Å². The van der Waals surface area contributed by atoms with Crippen molar-refractivity contribution in [1.29, 1.82) is 0 Å². The first-order valence-corrected chi connectivity index (χ1v) is 5.59. The number of fused-ring (bicyclic) bond motifs is 3. The highest BCUT2D eigenvalue weighted by Gasteiger charge is 2.38. The van der Waals surface area contributed by atoms with Gasteiger partial charge in [0, 0.05) is 6.42 Å². The first-order chi connectivity index (χ1) is 7.27. The van der Waals surface area contributed by atoms with Crippen LogP contribution < -0.4 is 0 Å². The Kier molecular flexibility index (Phi) is 2.08. The van der Waals surface area contributed by atoms with Crippen LogP contribution in [0, 0.1) is 13.8 Å². The van der Waals surface area contributed by atoms with E-state index in [2.05, 4.69) is 26.0 Å². The van der Waals surface area contributed by atoms with Gasteiger partial charge in [0.05, 0.1) is 19.3 Å². The van der Waals surface area contributed by atoms with Crippen molar-refractivity contribution >= 4 is 0 Å². The molecule has 3 rings (SSSR count). The lowest BCUT2D eigenvalue weighted by Crippen LogP contribution is -2.29. The second-order valence-corrected chi connectivity index (χ2v) is 4.50. The number of ether oxygens (including phenoxy) is 2. The van der Waals surface area contributed by atoms with E-state index in [9.17, 15) is 0 Å². The summed E-state index contributed by atoms with van der Waals surface area (Å²) < 4.78 is 11.6. The van der Waals surface area contributed by atoms with Crippen LogP contribution in [0.15, 0.2) is 12.1 Å². The van der Waals surface area contributed by atoms with Crippen LogP contribution in [0.2, 0.25) is 0 Å². The normalized spacial score (nSPS) is 28.7. The standard InChI is InChI=1S/C13H16O2/c1-8-3-4-9(2)12-10(8)7-11-13(12)15-6-5-14-11/h3-4,11,13H,5-7H2,1-2H3. The third-order valence-electron chi connectivity index (χ3n) is 3.55. The number of benzene rings is 1. The highest BCUT2D eigenvalue weighted by Crippen LogP contribution is 2.41. The molecule has 1 saturated heterocycles. The molecule has 1 fully saturated rings. The quantitative estimate of drug-likeness (QED) is 0.645. The lowest BCUT2D eigenvalue weighted by Gasteiger charge is -2.27. The van der Waals surface area contributed by atoms with Crippen molar-refractivity contribution in [1.82, 2.24) is 0 Å². The van der Waals surface area contributed by atoms with Crippen molar-refractivity contribution in [2.75, 3.05) is 13.2 Å². The molecule has 2 unspecified atom stereocenters. The van der Waals surface area contributed by atoms with Gasteiger partial charge < -0.3 is 9.47 Å². The van der Waals surface area contributed by atoms with Crippen LogP contribution in [0.1, 0.15) is 28.4 Å². The van der Waals surface area contributed by atoms with Crippen molar-refractivity contribution in [3.63, 3.8) is 0 Å². The monoisotopic (exact) mass is 204 g/mol. The van der Waals surface area contributed by atoms with Gasteiger partial charge in [-0.2, -0.15) is 0 Å². The molecule has 2 atom stereocenters. The third-order valence-corrected chi connectivity index (χ3v) is 3.55. The van der Waals surface area contributed by atoms with Gasteiger partial charge in [0.1, 0.15) is 6.10 Å². The summed E-state index contributed by atoms with van der Waals surface area (Å²) in [5.41, 5.74) is 5.55. The van der Waals surface area contributed by atoms with Crippen LogP contribution >= 0.6 is 0 Å². The molecule has 0 radical (unpaired) electrons. The van der Waals surface area contributed by atoms with E-state index in [0.717, 1.165) is 19.6 Å². The van der Waals surface area contributed by atoms with Gasteiger partial charge in [-0.15, -0.1) is 0 Å². The predicted octanol–water partition coefficient (Wildman–Crippen LogP) is 2.32. The Morgan fingerprint density at radius 2 is 1.80 bits per heavy atom. The summed E-state index contributed by atoms with van der Waals surface area (Å²) in [5.74, 6) is 0. The van der Waals surface area contributed by atoms with Gasteiger partial charge in [0.15, 0.2) is 0 Å². The maximum Gasteiger partial charge on any atom is 0.110 e. The molecular weight excluding hydrogens is 188 g/mol. The van der Waals surface area contributed by atoms with E-state index in [1.54, 1.807) is 0 Å². The predicted molar refractivity (Wildman–Crippen MR) is 58.1 cm³/mol. The number of rotatable bonds is 0. The summed E-state index contributed by atoms with van der Waals surface area (Å²) in [5, 5.41) is 0. The summed E-state index contributed by atoms with van der Waals surface area (Å²) in [7, 11) is 0. The average Bonchev–Trinajstić information content (AvgIpc) is 2.64. The Morgan fingerprint density at radius 1 is 1.07 bits per heavy atom. The minimum atomic E-state index is 0.189. The molecule has 1 aromatic rings. The van der Waals surface area contributed by atoms with Crippen LogP contribution in [-0.4, -0.2) is 19.3 Å². The fraction of sp³-hybridized carbons (Fsp3) is 0.538. The van der Waals surface area contributed by atoms with E-state index in [-0.39, 0.29) is 12.2 Å². The molecule has 15 heavy (non-hydrogen) atoms. The van der Waals surface area contributed by atoms with E-state index >= 15 is 0 Å². The Morgan fingerprint density at radius 3 is 2.67 bits per heavy atom. The lowest BCUT2D eigenvalue weighted by molar-refractivity contribution is -0.133. The molecular formula is C13H16O2. The second-order valence-electron chi connectivity index (χ2n) is 4.50. The zero-order valence-electron chi connectivity index (χ0n) is 9.25. The number of hydrogen-bond acceptors (Lipinski definition) is 2. The average molecular weight is 204 g/mol. The molecule has 1 aliphatic carbocycles. The molecule has 2 heteroatoms. The van der Waals surface area contributed by atoms with E-state index in [1.807, 2.05) is 0 Å². The molecule has 1 aromatic carbocycles. The molecule has 0 N–H and O–H groups in total. The van der Waals surface area contributed by atoms with Gasteiger partial charge in [-0.05, 0) is 36.1 Å². The molecule has 1 aliphatic heterocycles. The molecule has 2 nitrogen and oxygen atoms in total. The summed E-state index contributed by atoms with van der Waals surface area (Å²) in [6.45, 7) is 5.81. The first-order valence-electron chi connectivity index (χ1n) is 5.59. The summed E-state index contributed by atoms with van der Waals surface area (Å²) in [6.07, 6.45) is 1.47. The van der Waals surface area contributed by atoms with E-state index in [0.29, 0.717) is 0 Å². The molecule has 1 heterocycles. The Balaban J connectivity index is 2.11. The molecule has 0 saturated carbocycles. The third kappa shape index (κ3) is 1.32. The number of aryl methyl sites for hydroxylation is 2. The van der Waals surface area contributed by atoms with Gasteiger partial charge in [-0.1, -0.05) is 12.1 Å². The molecule has 0 spiro atoms. The minimum Gasteiger partial charge on any atom is -0.372 e. The highest BCUT2D eigenvalue weighted by molar-refractivity contribution is 5.46. The summed E-state index contributed by atoms with van der Waals surface area (Å²) in [6, 6.07) is 4.39. The fourth-order valence-corrected chi connectivity index (χ4v) is 2.76. The van der Waals surface area contributed by atoms with Crippen molar-refractivity contribution in [3.8, 4) is 0 Å². The van der Waals surface area contributed by atoms with Crippen LogP contribution in [0.3, 0.4) is 0 Å². The van der Waals surface area contributed by atoms with Crippen LogP contribution in [0.25, 0.3) is 0 Å². The van der Waals surface area contributed by atoms with Crippen LogP contribution in [0.4, 0.5) is 0 Å². The first kappa shape index (κ1) is 9.37. The van der Waals surface area contributed by atoms with Crippen molar-refractivity contribution < 1.29 is 9.47 Å².